The molecule has 86 valence electrons. The van der Waals surface area contributed by atoms with Crippen molar-refractivity contribution in [3.05, 3.63) is 18.0 Å². The number of carboxylic acids is 1. The lowest BCUT2D eigenvalue weighted by atomic mass is 10.1. The molecule has 2 heterocycles. The minimum Gasteiger partial charge on any atom is -0.478 e. The second-order valence-corrected chi connectivity index (χ2v) is 3.65. The summed E-state index contributed by atoms with van der Waals surface area (Å²) in [5.74, 6) is 1.32. The van der Waals surface area contributed by atoms with E-state index in [9.17, 15) is 9.59 Å². The average Bonchev–Trinajstić information content (AvgIpc) is 2.71. The topological polar surface area (TPSA) is 83.4 Å². The van der Waals surface area contributed by atoms with Crippen LogP contribution in [0.3, 0.4) is 0 Å². The van der Waals surface area contributed by atoms with Gasteiger partial charge in [-0.15, -0.1) is 12.3 Å². The highest BCUT2D eigenvalue weighted by Gasteiger charge is 2.30. The van der Waals surface area contributed by atoms with Crippen LogP contribution >= 0.6 is 0 Å². The van der Waals surface area contributed by atoms with Gasteiger partial charge in [-0.1, -0.05) is 0 Å². The minimum atomic E-state index is -1.11. The van der Waals surface area contributed by atoms with Gasteiger partial charge in [-0.2, -0.15) is 0 Å². The fraction of sp³-hybridized carbons (Fsp3) is 0.273. The number of aromatic nitrogens is 2. The third-order valence-electron chi connectivity index (χ3n) is 2.49. The number of carboxylic acid groups (broad SMARTS) is 1. The molecule has 6 nitrogen and oxygen atoms in total. The molecular formula is C11H9N3O3. The van der Waals surface area contributed by atoms with Gasteiger partial charge < -0.3 is 5.11 Å². The van der Waals surface area contributed by atoms with Gasteiger partial charge in [-0.3, -0.25) is 9.69 Å². The summed E-state index contributed by atoms with van der Waals surface area (Å²) in [6, 6.07) is 0. The van der Waals surface area contributed by atoms with Gasteiger partial charge in [-0.05, 0) is 0 Å². The maximum Gasteiger partial charge on any atom is 0.338 e. The molecule has 0 bridgehead atoms. The largest absolute Gasteiger partial charge is 0.478 e. The third-order valence-corrected chi connectivity index (χ3v) is 2.49. The number of amides is 1. The van der Waals surface area contributed by atoms with Crippen molar-refractivity contribution in [1.29, 1.82) is 0 Å². The monoisotopic (exact) mass is 231 g/mol. The van der Waals surface area contributed by atoms with E-state index in [1.807, 2.05) is 0 Å². The standard InChI is InChI=1S/C11H9N3O3/c1-2-7-3-9(15)14(6-7)11-12-4-8(5-13-11)10(16)17/h1,4-5,7H,3,6H2,(H,16,17). The Balaban J connectivity index is 2.21. The van der Waals surface area contributed by atoms with E-state index in [1.54, 1.807) is 0 Å². The van der Waals surface area contributed by atoms with Gasteiger partial charge in [0.15, 0.2) is 0 Å². The maximum absolute atomic E-state index is 11.6. The van der Waals surface area contributed by atoms with Crippen LogP contribution < -0.4 is 4.90 Å². The van der Waals surface area contributed by atoms with Crippen LogP contribution in [0.25, 0.3) is 0 Å². The molecule has 1 saturated heterocycles. The Morgan fingerprint density at radius 3 is 2.65 bits per heavy atom. The predicted molar refractivity (Wildman–Crippen MR) is 58.3 cm³/mol. The van der Waals surface area contributed by atoms with Gasteiger partial charge in [-0.25, -0.2) is 14.8 Å². The van der Waals surface area contributed by atoms with E-state index >= 15 is 0 Å². The molecule has 0 saturated carbocycles. The molecule has 1 unspecified atom stereocenters. The number of terminal acetylenes is 1. The van der Waals surface area contributed by atoms with Crippen LogP contribution in [0.15, 0.2) is 12.4 Å². The molecular weight excluding hydrogens is 222 g/mol. The first-order valence-electron chi connectivity index (χ1n) is 4.93. The summed E-state index contributed by atoms with van der Waals surface area (Å²) in [5.41, 5.74) is -0.0195. The van der Waals surface area contributed by atoms with Crippen molar-refractivity contribution in [1.82, 2.24) is 9.97 Å². The van der Waals surface area contributed by atoms with E-state index in [0.717, 1.165) is 0 Å². The highest BCUT2D eigenvalue weighted by Crippen LogP contribution is 2.21. The Hall–Kier alpha value is -2.42. The molecule has 1 fully saturated rings. The van der Waals surface area contributed by atoms with Crippen LogP contribution in [-0.4, -0.2) is 33.5 Å². The van der Waals surface area contributed by atoms with E-state index < -0.39 is 5.97 Å². The molecule has 1 aliphatic heterocycles. The Morgan fingerprint density at radius 2 is 2.18 bits per heavy atom. The van der Waals surface area contributed by atoms with E-state index in [2.05, 4.69) is 15.9 Å². The van der Waals surface area contributed by atoms with Crippen LogP contribution in [0.1, 0.15) is 16.8 Å². The lowest BCUT2D eigenvalue weighted by molar-refractivity contribution is -0.117. The Morgan fingerprint density at radius 1 is 1.53 bits per heavy atom. The third kappa shape index (κ3) is 2.08. The quantitative estimate of drug-likeness (QED) is 0.733. The Bertz CT molecular complexity index is 504. The molecule has 17 heavy (non-hydrogen) atoms. The number of rotatable bonds is 2. The number of carbonyl (C=O) groups is 2. The molecule has 2 rings (SSSR count). The van der Waals surface area contributed by atoms with Crippen molar-refractivity contribution in [2.45, 2.75) is 6.42 Å². The fourth-order valence-electron chi connectivity index (χ4n) is 1.58. The second-order valence-electron chi connectivity index (χ2n) is 3.65. The molecule has 0 spiro atoms. The number of nitrogens with zero attached hydrogens (tertiary/aromatic N) is 3. The molecule has 1 aromatic rings. The second kappa shape index (κ2) is 4.22. The number of anilines is 1. The Labute approximate surface area is 97.3 Å². The lowest BCUT2D eigenvalue weighted by Gasteiger charge is -2.12. The number of hydrogen-bond donors (Lipinski definition) is 1. The van der Waals surface area contributed by atoms with Crippen LogP contribution in [0.2, 0.25) is 0 Å². The van der Waals surface area contributed by atoms with Gasteiger partial charge in [0.25, 0.3) is 0 Å². The summed E-state index contributed by atoms with van der Waals surface area (Å²) < 4.78 is 0. The zero-order valence-corrected chi connectivity index (χ0v) is 8.83. The molecule has 1 atom stereocenters. The van der Waals surface area contributed by atoms with E-state index in [-0.39, 0.29) is 29.8 Å². The van der Waals surface area contributed by atoms with Crippen LogP contribution in [-0.2, 0) is 4.79 Å². The van der Waals surface area contributed by atoms with Crippen LogP contribution in [0, 0.1) is 18.3 Å². The molecule has 1 amide bonds. The van der Waals surface area contributed by atoms with E-state index in [0.29, 0.717) is 6.54 Å². The summed E-state index contributed by atoms with van der Waals surface area (Å²) in [5, 5.41) is 8.69. The van der Waals surface area contributed by atoms with Crippen molar-refractivity contribution >= 4 is 17.8 Å². The van der Waals surface area contributed by atoms with Crippen molar-refractivity contribution in [3.63, 3.8) is 0 Å². The normalized spacial score (nSPS) is 19.1. The van der Waals surface area contributed by atoms with E-state index in [1.165, 1.54) is 17.3 Å². The highest BCUT2D eigenvalue weighted by molar-refractivity contribution is 5.94. The van der Waals surface area contributed by atoms with Gasteiger partial charge >= 0.3 is 5.97 Å². The predicted octanol–water partition coefficient (Wildman–Crippen LogP) is 0.161. The van der Waals surface area contributed by atoms with Crippen molar-refractivity contribution in [2.75, 3.05) is 11.4 Å². The summed E-state index contributed by atoms with van der Waals surface area (Å²) in [4.78, 5) is 31.3. The number of carbonyl (C=O) groups excluding carboxylic acids is 1. The Kier molecular flexibility index (Phi) is 2.75. The summed E-state index contributed by atoms with van der Waals surface area (Å²) in [6.07, 6.45) is 7.87. The SMILES string of the molecule is C#CC1CC(=O)N(c2ncc(C(=O)O)cn2)C1. The van der Waals surface area contributed by atoms with Crippen molar-refractivity contribution < 1.29 is 14.7 Å². The molecule has 1 N–H and O–H groups in total. The van der Waals surface area contributed by atoms with Gasteiger partial charge in [0.05, 0.1) is 5.56 Å². The summed E-state index contributed by atoms with van der Waals surface area (Å²) in [6.45, 7) is 0.377. The minimum absolute atomic E-state index is 0.0195. The molecule has 0 aromatic carbocycles. The zero-order valence-electron chi connectivity index (χ0n) is 8.83. The van der Waals surface area contributed by atoms with Crippen molar-refractivity contribution in [2.24, 2.45) is 5.92 Å². The lowest BCUT2D eigenvalue weighted by Crippen LogP contribution is -2.26. The average molecular weight is 231 g/mol. The zero-order chi connectivity index (χ0) is 12.4. The summed E-state index contributed by atoms with van der Waals surface area (Å²) >= 11 is 0. The fourth-order valence-corrected chi connectivity index (χ4v) is 1.58. The van der Waals surface area contributed by atoms with Crippen molar-refractivity contribution in [3.8, 4) is 12.3 Å². The summed E-state index contributed by atoms with van der Waals surface area (Å²) in [7, 11) is 0. The number of hydrogen-bond acceptors (Lipinski definition) is 4. The molecule has 6 heteroatoms. The van der Waals surface area contributed by atoms with Crippen LogP contribution in [0.5, 0.6) is 0 Å². The molecule has 1 aliphatic rings. The molecule has 0 aliphatic carbocycles. The van der Waals surface area contributed by atoms with Gasteiger partial charge in [0, 0.05) is 31.3 Å². The smallest absolute Gasteiger partial charge is 0.338 e. The van der Waals surface area contributed by atoms with Crippen LogP contribution in [0.4, 0.5) is 5.95 Å². The van der Waals surface area contributed by atoms with Gasteiger partial charge in [0.2, 0.25) is 11.9 Å². The maximum atomic E-state index is 11.6. The molecule has 0 radical (unpaired) electrons. The number of aromatic carboxylic acids is 1. The first-order chi connectivity index (χ1) is 8.11. The van der Waals surface area contributed by atoms with E-state index in [4.69, 9.17) is 11.5 Å². The van der Waals surface area contributed by atoms with Gasteiger partial charge in [0.1, 0.15) is 0 Å². The first kappa shape index (κ1) is 11.1. The first-order valence-corrected chi connectivity index (χ1v) is 4.93. The highest BCUT2D eigenvalue weighted by atomic mass is 16.4. The molecule has 1 aromatic heterocycles.